The molecule has 1 aromatic carbocycles. The van der Waals surface area contributed by atoms with Crippen LogP contribution in [0.5, 0.6) is 5.75 Å². The average Bonchev–Trinajstić information content (AvgIpc) is 3.31. The van der Waals surface area contributed by atoms with E-state index in [1.165, 1.54) is 30.3 Å². The summed E-state index contributed by atoms with van der Waals surface area (Å²) in [7, 11) is 0. The highest BCUT2D eigenvalue weighted by Crippen LogP contribution is 2.41. The van der Waals surface area contributed by atoms with Gasteiger partial charge in [-0.3, -0.25) is 28.8 Å². The average molecular weight is 741 g/mol. The van der Waals surface area contributed by atoms with E-state index in [-0.39, 0.29) is 5.75 Å². The van der Waals surface area contributed by atoms with Gasteiger partial charge in [-0.05, 0) is 23.8 Å². The first-order chi connectivity index (χ1) is 24.4. The van der Waals surface area contributed by atoms with Crippen LogP contribution in [0.4, 0.5) is 0 Å². The third-order valence-corrected chi connectivity index (χ3v) is 7.23. The number of aliphatic hydroxyl groups is 1. The van der Waals surface area contributed by atoms with Crippen LogP contribution in [0.2, 0.25) is 0 Å². The summed E-state index contributed by atoms with van der Waals surface area (Å²) in [5.41, 5.74) is 0.462. The monoisotopic (exact) mass is 740 g/mol. The quantitative estimate of drug-likeness (QED) is 0.145. The highest BCUT2D eigenvalue weighted by Gasteiger charge is 2.64. The van der Waals surface area contributed by atoms with E-state index in [0.717, 1.165) is 47.6 Å². The van der Waals surface area contributed by atoms with Crippen molar-refractivity contribution in [1.82, 2.24) is 0 Å². The number of aliphatic hydroxyl groups excluding tert-OH is 1. The Morgan fingerprint density at radius 1 is 0.673 bits per heavy atom. The Morgan fingerprint density at radius 3 is 1.69 bits per heavy atom. The molecule has 0 unspecified atom stereocenters. The first-order valence-electron chi connectivity index (χ1n) is 15.7. The number of carbonyl (C=O) groups excluding carboxylic acids is 7. The number of esters is 7. The molecule has 9 atom stereocenters. The van der Waals surface area contributed by atoms with E-state index in [1.807, 2.05) is 0 Å². The highest BCUT2D eigenvalue weighted by atomic mass is 16.8. The molecule has 19 heteroatoms. The molecule has 286 valence electrons. The van der Waals surface area contributed by atoms with Crippen LogP contribution < -0.4 is 0 Å². The summed E-state index contributed by atoms with van der Waals surface area (Å²) < 4.78 is 55.5. The fourth-order valence-corrected chi connectivity index (χ4v) is 5.30. The molecule has 2 aliphatic rings. The second kappa shape index (κ2) is 18.4. The second-order valence-corrected chi connectivity index (χ2v) is 11.5. The standard InChI is InChI=1S/C33H40O19/c1-16(35)43-13-24-27(45-18(3)37)29(47-20(5)39)30(48-21(6)40)32(49-24)52-33(15-34)31(28(46-19(4)38)25(51-33)14-44-17(2)36)50-26(42)12-9-22-7-10-23(41)11-8-22/h7-12,24-25,27-32,34,41H,13-15H2,1-6H3/b12-9+/t24-,25-,27-,28-,29+,30-,31+,32-,33+/m1/s1. The molecule has 0 saturated carbocycles. The van der Waals surface area contributed by atoms with Crippen LogP contribution in [0.15, 0.2) is 30.3 Å². The number of hydrogen-bond donors (Lipinski definition) is 2. The van der Waals surface area contributed by atoms with E-state index in [0.29, 0.717) is 5.56 Å². The predicted molar refractivity (Wildman–Crippen MR) is 167 cm³/mol. The normalized spacial score (nSPS) is 28.3. The molecule has 1 aromatic rings. The smallest absolute Gasteiger partial charge is 0.331 e. The fraction of sp³-hybridized carbons (Fsp3) is 0.545. The minimum Gasteiger partial charge on any atom is -0.508 e. The Labute approximate surface area is 296 Å². The van der Waals surface area contributed by atoms with E-state index < -0.39 is 116 Å². The van der Waals surface area contributed by atoms with Gasteiger partial charge >= 0.3 is 41.8 Å². The molecular formula is C33H40O19. The third-order valence-electron chi connectivity index (χ3n) is 7.23. The number of benzene rings is 1. The maximum atomic E-state index is 13.2. The number of phenolic OH excluding ortho intramolecular Hbond substituents is 1. The Bertz CT molecular complexity index is 1500. The molecule has 0 radical (unpaired) electrons. The van der Waals surface area contributed by atoms with Gasteiger partial charge < -0.3 is 57.6 Å². The first-order valence-corrected chi connectivity index (χ1v) is 15.7. The minimum atomic E-state index is -2.59. The molecule has 2 fully saturated rings. The van der Waals surface area contributed by atoms with Gasteiger partial charge in [0.15, 0.2) is 30.5 Å². The number of ether oxygens (including phenoxy) is 10. The van der Waals surface area contributed by atoms with Gasteiger partial charge in [0, 0.05) is 47.6 Å². The summed E-state index contributed by atoms with van der Waals surface area (Å²) in [6.07, 6.45) is -11.2. The summed E-state index contributed by atoms with van der Waals surface area (Å²) in [6, 6.07) is 5.70. The van der Waals surface area contributed by atoms with Crippen LogP contribution >= 0.6 is 0 Å². The molecule has 3 rings (SSSR count). The summed E-state index contributed by atoms with van der Waals surface area (Å²) in [4.78, 5) is 85.8. The van der Waals surface area contributed by atoms with Crippen LogP contribution in [-0.4, -0.2) is 127 Å². The zero-order chi connectivity index (χ0) is 38.7. The molecule has 0 spiro atoms. The van der Waals surface area contributed by atoms with E-state index in [2.05, 4.69) is 0 Å². The second-order valence-electron chi connectivity index (χ2n) is 11.5. The van der Waals surface area contributed by atoms with Crippen molar-refractivity contribution in [2.75, 3.05) is 19.8 Å². The van der Waals surface area contributed by atoms with Crippen molar-refractivity contribution in [3.05, 3.63) is 35.9 Å². The van der Waals surface area contributed by atoms with Crippen molar-refractivity contribution in [3.8, 4) is 5.75 Å². The number of aromatic hydroxyl groups is 1. The zero-order valence-corrected chi connectivity index (χ0v) is 29.0. The Kier molecular flexibility index (Phi) is 14.6. The van der Waals surface area contributed by atoms with Crippen LogP contribution in [0.3, 0.4) is 0 Å². The minimum absolute atomic E-state index is 0.0297. The van der Waals surface area contributed by atoms with Gasteiger partial charge in [-0.25, -0.2) is 4.79 Å². The Morgan fingerprint density at radius 2 is 1.17 bits per heavy atom. The topological polar surface area (TPSA) is 252 Å². The molecule has 2 saturated heterocycles. The van der Waals surface area contributed by atoms with Crippen LogP contribution in [0, 0.1) is 0 Å². The largest absolute Gasteiger partial charge is 0.508 e. The lowest BCUT2D eigenvalue weighted by atomic mass is 9.97. The molecule has 0 bridgehead atoms. The Balaban J connectivity index is 2.14. The SMILES string of the molecule is CC(=O)OC[C@H]1O[C@@](CO)(O[C@H]2O[C@H](COC(C)=O)[C@@H](OC(C)=O)[C@H](OC(C)=O)[C@H]2OC(C)=O)[C@@H](OC(=O)/C=C/c2ccc(O)cc2)[C@@H]1OC(C)=O. The summed E-state index contributed by atoms with van der Waals surface area (Å²) in [5, 5.41) is 20.4. The molecular weight excluding hydrogens is 700 g/mol. The van der Waals surface area contributed by atoms with Crippen molar-refractivity contribution in [3.63, 3.8) is 0 Å². The van der Waals surface area contributed by atoms with E-state index in [4.69, 9.17) is 47.4 Å². The highest BCUT2D eigenvalue weighted by molar-refractivity contribution is 5.87. The van der Waals surface area contributed by atoms with Gasteiger partial charge in [0.05, 0.1) is 0 Å². The van der Waals surface area contributed by atoms with Crippen LogP contribution in [0.1, 0.15) is 47.1 Å². The van der Waals surface area contributed by atoms with E-state index >= 15 is 0 Å². The van der Waals surface area contributed by atoms with Gasteiger partial charge in [0.2, 0.25) is 12.1 Å². The maximum absolute atomic E-state index is 13.2. The number of rotatable bonds is 14. The van der Waals surface area contributed by atoms with Gasteiger partial charge in [0.25, 0.3) is 0 Å². The van der Waals surface area contributed by atoms with Crippen molar-refractivity contribution >= 4 is 47.9 Å². The van der Waals surface area contributed by atoms with Crippen molar-refractivity contribution in [2.45, 2.75) is 96.3 Å². The summed E-state index contributed by atoms with van der Waals surface area (Å²) in [5.74, 6) is -8.99. The van der Waals surface area contributed by atoms with Crippen LogP contribution in [0.25, 0.3) is 6.08 Å². The third kappa shape index (κ3) is 11.5. The van der Waals surface area contributed by atoms with Crippen molar-refractivity contribution in [1.29, 1.82) is 0 Å². The molecule has 52 heavy (non-hydrogen) atoms. The molecule has 2 heterocycles. The van der Waals surface area contributed by atoms with Crippen LogP contribution in [-0.2, 0) is 80.9 Å². The molecule has 2 N–H and O–H groups in total. The molecule has 0 amide bonds. The van der Waals surface area contributed by atoms with E-state index in [1.54, 1.807) is 0 Å². The van der Waals surface area contributed by atoms with E-state index in [9.17, 15) is 43.8 Å². The lowest BCUT2D eigenvalue weighted by Gasteiger charge is -2.46. The van der Waals surface area contributed by atoms with Crippen molar-refractivity contribution < 1.29 is 91.1 Å². The van der Waals surface area contributed by atoms with Crippen molar-refractivity contribution in [2.24, 2.45) is 0 Å². The van der Waals surface area contributed by atoms with Gasteiger partial charge in [-0.2, -0.15) is 0 Å². The maximum Gasteiger partial charge on any atom is 0.331 e. The van der Waals surface area contributed by atoms with Gasteiger partial charge in [0.1, 0.15) is 37.8 Å². The first kappa shape index (κ1) is 41.3. The summed E-state index contributed by atoms with van der Waals surface area (Å²) >= 11 is 0. The molecule has 19 nitrogen and oxygen atoms in total. The number of carbonyl (C=O) groups is 7. The van der Waals surface area contributed by atoms with Gasteiger partial charge in [-0.1, -0.05) is 12.1 Å². The molecule has 0 aliphatic carbocycles. The number of hydrogen-bond acceptors (Lipinski definition) is 19. The predicted octanol–water partition coefficient (Wildman–Crippen LogP) is -0.000900. The fourth-order valence-electron chi connectivity index (χ4n) is 5.30. The Hall–Kier alpha value is -5.11. The molecule has 0 aromatic heterocycles. The van der Waals surface area contributed by atoms with Gasteiger partial charge in [-0.15, -0.1) is 0 Å². The zero-order valence-electron chi connectivity index (χ0n) is 29.0. The molecule has 2 aliphatic heterocycles. The number of phenols is 1. The lowest BCUT2D eigenvalue weighted by Crippen LogP contribution is -2.65. The lowest BCUT2D eigenvalue weighted by molar-refractivity contribution is -0.384. The summed E-state index contributed by atoms with van der Waals surface area (Å²) in [6.45, 7) is 3.74.